The summed E-state index contributed by atoms with van der Waals surface area (Å²) in [5.74, 6) is 2.37. The molecule has 0 spiro atoms. The van der Waals surface area contributed by atoms with E-state index in [0.717, 1.165) is 44.8 Å². The molecule has 0 aromatic heterocycles. The van der Waals surface area contributed by atoms with E-state index in [4.69, 9.17) is 4.74 Å². The highest BCUT2D eigenvalue weighted by Gasteiger charge is 2.29. The highest BCUT2D eigenvalue weighted by atomic mass is 16.5. The molecule has 1 aromatic rings. The summed E-state index contributed by atoms with van der Waals surface area (Å²) >= 11 is 0. The lowest BCUT2D eigenvalue weighted by Crippen LogP contribution is -2.28. The second-order valence-corrected chi connectivity index (χ2v) is 6.46. The van der Waals surface area contributed by atoms with Crippen LogP contribution in [0.1, 0.15) is 37.2 Å². The SMILES string of the molecule is COc1ccccc1C1CCN(C(=O)CCC2CCNC2)C1. The van der Waals surface area contributed by atoms with Crippen molar-refractivity contribution in [3.05, 3.63) is 29.8 Å². The van der Waals surface area contributed by atoms with Crippen LogP contribution in [0.3, 0.4) is 0 Å². The molecule has 0 aliphatic carbocycles. The molecule has 1 amide bonds. The van der Waals surface area contributed by atoms with Crippen molar-refractivity contribution in [1.82, 2.24) is 10.2 Å². The first-order valence-electron chi connectivity index (χ1n) is 8.39. The van der Waals surface area contributed by atoms with Gasteiger partial charge in [-0.25, -0.2) is 0 Å². The normalized spacial score (nSPS) is 24.7. The van der Waals surface area contributed by atoms with Gasteiger partial charge < -0.3 is 15.0 Å². The molecule has 0 bridgehead atoms. The summed E-state index contributed by atoms with van der Waals surface area (Å²) in [6, 6.07) is 8.18. The van der Waals surface area contributed by atoms with Crippen molar-refractivity contribution >= 4 is 5.91 Å². The molecule has 120 valence electrons. The Morgan fingerprint density at radius 3 is 3.00 bits per heavy atom. The van der Waals surface area contributed by atoms with Crippen LogP contribution in [0.15, 0.2) is 24.3 Å². The average molecular weight is 302 g/mol. The lowest BCUT2D eigenvalue weighted by Gasteiger charge is -2.18. The van der Waals surface area contributed by atoms with Gasteiger partial charge in [0.25, 0.3) is 0 Å². The van der Waals surface area contributed by atoms with Crippen LogP contribution < -0.4 is 10.1 Å². The Morgan fingerprint density at radius 1 is 1.36 bits per heavy atom. The van der Waals surface area contributed by atoms with E-state index < -0.39 is 0 Å². The minimum absolute atomic E-state index is 0.323. The van der Waals surface area contributed by atoms with E-state index in [1.165, 1.54) is 12.0 Å². The number of ether oxygens (including phenoxy) is 1. The van der Waals surface area contributed by atoms with Crippen LogP contribution in [-0.4, -0.2) is 44.1 Å². The zero-order chi connectivity index (χ0) is 15.4. The van der Waals surface area contributed by atoms with Gasteiger partial charge in [0.1, 0.15) is 5.75 Å². The van der Waals surface area contributed by atoms with Crippen LogP contribution >= 0.6 is 0 Å². The number of carbonyl (C=O) groups excluding carboxylic acids is 1. The molecule has 4 heteroatoms. The van der Waals surface area contributed by atoms with Crippen LogP contribution in [0.5, 0.6) is 5.75 Å². The molecule has 0 radical (unpaired) electrons. The molecule has 2 aliphatic rings. The number of amides is 1. The first-order valence-corrected chi connectivity index (χ1v) is 8.39. The molecular formula is C18H26N2O2. The molecule has 2 saturated heterocycles. The number of rotatable bonds is 5. The third kappa shape index (κ3) is 3.43. The number of carbonyl (C=O) groups is 1. The largest absolute Gasteiger partial charge is 0.496 e. The summed E-state index contributed by atoms with van der Waals surface area (Å²) in [6.07, 6.45) is 3.99. The Morgan fingerprint density at radius 2 is 2.23 bits per heavy atom. The second kappa shape index (κ2) is 7.14. The van der Waals surface area contributed by atoms with Gasteiger partial charge in [0, 0.05) is 25.4 Å². The molecule has 2 fully saturated rings. The highest BCUT2D eigenvalue weighted by molar-refractivity contribution is 5.76. The summed E-state index contributed by atoms with van der Waals surface area (Å²) in [5.41, 5.74) is 1.24. The minimum atomic E-state index is 0.323. The number of nitrogens with zero attached hydrogens (tertiary/aromatic N) is 1. The molecule has 4 nitrogen and oxygen atoms in total. The van der Waals surface area contributed by atoms with Crippen molar-refractivity contribution in [3.8, 4) is 5.75 Å². The molecule has 0 saturated carbocycles. The Balaban J connectivity index is 1.54. The number of likely N-dealkylation sites (tertiary alicyclic amines) is 1. The number of hydrogen-bond donors (Lipinski definition) is 1. The van der Waals surface area contributed by atoms with E-state index in [9.17, 15) is 4.79 Å². The quantitative estimate of drug-likeness (QED) is 0.908. The van der Waals surface area contributed by atoms with Crippen molar-refractivity contribution in [2.24, 2.45) is 5.92 Å². The molecule has 22 heavy (non-hydrogen) atoms. The summed E-state index contributed by atoms with van der Waals surface area (Å²) in [6.45, 7) is 3.90. The smallest absolute Gasteiger partial charge is 0.222 e. The second-order valence-electron chi connectivity index (χ2n) is 6.46. The third-order valence-electron chi connectivity index (χ3n) is 5.05. The number of para-hydroxylation sites is 1. The first kappa shape index (κ1) is 15.3. The minimum Gasteiger partial charge on any atom is -0.496 e. The highest BCUT2D eigenvalue weighted by Crippen LogP contribution is 2.33. The van der Waals surface area contributed by atoms with Crippen molar-refractivity contribution in [2.75, 3.05) is 33.3 Å². The Hall–Kier alpha value is -1.55. The van der Waals surface area contributed by atoms with Crippen LogP contribution in [0.2, 0.25) is 0 Å². The zero-order valence-electron chi connectivity index (χ0n) is 13.4. The lowest BCUT2D eigenvalue weighted by atomic mass is 9.97. The topological polar surface area (TPSA) is 41.6 Å². The Kier molecular flexibility index (Phi) is 4.98. The summed E-state index contributed by atoms with van der Waals surface area (Å²) in [5, 5.41) is 3.37. The summed E-state index contributed by atoms with van der Waals surface area (Å²) in [4.78, 5) is 14.4. The van der Waals surface area contributed by atoms with Crippen molar-refractivity contribution < 1.29 is 9.53 Å². The molecular weight excluding hydrogens is 276 g/mol. The number of hydrogen-bond acceptors (Lipinski definition) is 3. The van der Waals surface area contributed by atoms with E-state index in [2.05, 4.69) is 17.4 Å². The Labute approximate surface area is 132 Å². The number of benzene rings is 1. The van der Waals surface area contributed by atoms with Crippen LogP contribution in [0.4, 0.5) is 0 Å². The van der Waals surface area contributed by atoms with Gasteiger partial charge in [-0.05, 0) is 49.9 Å². The van der Waals surface area contributed by atoms with Crippen molar-refractivity contribution in [1.29, 1.82) is 0 Å². The molecule has 1 aromatic carbocycles. The zero-order valence-corrected chi connectivity index (χ0v) is 13.4. The van der Waals surface area contributed by atoms with Gasteiger partial charge in [-0.3, -0.25) is 4.79 Å². The lowest BCUT2D eigenvalue weighted by molar-refractivity contribution is -0.130. The Bertz CT molecular complexity index is 512. The maximum absolute atomic E-state index is 12.4. The third-order valence-corrected chi connectivity index (χ3v) is 5.05. The van der Waals surface area contributed by atoms with Crippen LogP contribution in [0.25, 0.3) is 0 Å². The predicted molar refractivity (Wildman–Crippen MR) is 87.1 cm³/mol. The fourth-order valence-electron chi connectivity index (χ4n) is 3.69. The maximum atomic E-state index is 12.4. The molecule has 1 N–H and O–H groups in total. The van der Waals surface area contributed by atoms with Crippen LogP contribution in [0, 0.1) is 5.92 Å². The van der Waals surface area contributed by atoms with Crippen molar-refractivity contribution in [2.45, 2.75) is 31.6 Å². The van der Waals surface area contributed by atoms with Gasteiger partial charge in [-0.1, -0.05) is 18.2 Å². The van der Waals surface area contributed by atoms with Gasteiger partial charge in [0.15, 0.2) is 0 Å². The first-order chi connectivity index (χ1) is 10.8. The van der Waals surface area contributed by atoms with Gasteiger partial charge in [-0.2, -0.15) is 0 Å². The van der Waals surface area contributed by atoms with Gasteiger partial charge in [0.05, 0.1) is 7.11 Å². The van der Waals surface area contributed by atoms with Gasteiger partial charge >= 0.3 is 0 Å². The monoisotopic (exact) mass is 302 g/mol. The van der Waals surface area contributed by atoms with E-state index in [0.29, 0.717) is 24.2 Å². The van der Waals surface area contributed by atoms with E-state index in [-0.39, 0.29) is 0 Å². The molecule has 2 heterocycles. The summed E-state index contributed by atoms with van der Waals surface area (Å²) < 4.78 is 5.46. The average Bonchev–Trinajstić information content (AvgIpc) is 3.24. The molecule has 2 aliphatic heterocycles. The standard InChI is InChI=1S/C18H26N2O2/c1-22-17-5-3-2-4-16(17)15-9-11-20(13-15)18(21)7-6-14-8-10-19-12-14/h2-5,14-15,19H,6-13H2,1H3. The molecule has 2 unspecified atom stereocenters. The number of nitrogens with one attached hydrogen (secondary N) is 1. The van der Waals surface area contributed by atoms with E-state index >= 15 is 0 Å². The molecule has 2 atom stereocenters. The fourth-order valence-corrected chi connectivity index (χ4v) is 3.69. The summed E-state index contributed by atoms with van der Waals surface area (Å²) in [7, 11) is 1.71. The van der Waals surface area contributed by atoms with Gasteiger partial charge in [0.2, 0.25) is 5.91 Å². The molecule has 3 rings (SSSR count). The maximum Gasteiger partial charge on any atom is 0.222 e. The van der Waals surface area contributed by atoms with E-state index in [1.807, 2.05) is 17.0 Å². The van der Waals surface area contributed by atoms with Gasteiger partial charge in [-0.15, -0.1) is 0 Å². The fraction of sp³-hybridized carbons (Fsp3) is 0.611. The van der Waals surface area contributed by atoms with Crippen LogP contribution in [-0.2, 0) is 4.79 Å². The van der Waals surface area contributed by atoms with Crippen molar-refractivity contribution in [3.63, 3.8) is 0 Å². The predicted octanol–water partition coefficient (Wildman–Crippen LogP) is 2.40. The number of methoxy groups -OCH3 is 1. The van der Waals surface area contributed by atoms with E-state index in [1.54, 1.807) is 7.11 Å².